The molecule has 2 aromatic rings. The molecule has 1 aliphatic rings. The van der Waals surface area contributed by atoms with Gasteiger partial charge in [0, 0.05) is 51.9 Å². The highest BCUT2D eigenvalue weighted by Gasteiger charge is 2.38. The first-order valence-corrected chi connectivity index (χ1v) is 14.0. The molecule has 250 valence electrons. The maximum atomic E-state index is 13.9. The fraction of sp³-hybridized carbons (Fsp3) is 0.517. The third-order valence-corrected chi connectivity index (χ3v) is 7.70. The molecule has 0 saturated carbocycles. The van der Waals surface area contributed by atoms with Crippen LogP contribution >= 0.6 is 0 Å². The number of piperazine rings is 1. The molecule has 0 bridgehead atoms. The number of nitrogens with two attached hydrogens (primary N) is 1. The molecule has 0 aliphatic carbocycles. The van der Waals surface area contributed by atoms with E-state index in [1.807, 2.05) is 20.9 Å². The maximum Gasteiger partial charge on any atom is 0.416 e. The Morgan fingerprint density at radius 3 is 2.00 bits per heavy atom. The van der Waals surface area contributed by atoms with Crippen LogP contribution in [0.25, 0.3) is 0 Å². The molecule has 0 spiro atoms. The second-order valence-electron chi connectivity index (χ2n) is 11.1. The largest absolute Gasteiger partial charge is 0.416 e. The van der Waals surface area contributed by atoms with E-state index < -0.39 is 47.3 Å². The molecule has 1 aliphatic heterocycles. The highest BCUT2D eigenvalue weighted by molar-refractivity contribution is 5.37. The Kier molecular flexibility index (Phi) is 11.2. The first kappa shape index (κ1) is 36.1. The summed E-state index contributed by atoms with van der Waals surface area (Å²) in [6.07, 6.45) is -14.4. The summed E-state index contributed by atoms with van der Waals surface area (Å²) in [6, 6.07) is 4.22. The van der Waals surface area contributed by atoms with Crippen molar-refractivity contribution in [2.45, 2.75) is 64.0 Å². The normalized spacial score (nSPS) is 18.0. The van der Waals surface area contributed by atoms with Crippen molar-refractivity contribution in [3.63, 3.8) is 0 Å². The Labute approximate surface area is 255 Å². The lowest BCUT2D eigenvalue weighted by Gasteiger charge is -2.42. The van der Waals surface area contributed by atoms with Gasteiger partial charge in [-0.15, -0.1) is 5.11 Å². The Morgan fingerprint density at radius 2 is 1.51 bits per heavy atom. The first-order valence-electron chi connectivity index (χ1n) is 14.0. The molecule has 0 radical (unpaired) electrons. The van der Waals surface area contributed by atoms with Gasteiger partial charge in [0.2, 0.25) is 0 Å². The quantitative estimate of drug-likeness (QED) is 0.125. The van der Waals surface area contributed by atoms with Crippen LogP contribution in [0.15, 0.2) is 59.1 Å². The van der Waals surface area contributed by atoms with Crippen molar-refractivity contribution in [3.05, 3.63) is 82.2 Å². The summed E-state index contributed by atoms with van der Waals surface area (Å²) in [5.41, 5.74) is -3.75. The predicted molar refractivity (Wildman–Crippen MR) is 150 cm³/mol. The summed E-state index contributed by atoms with van der Waals surface area (Å²) in [5.74, 6) is 5.22. The summed E-state index contributed by atoms with van der Waals surface area (Å²) in [5, 5.41) is 8.20. The molecule has 0 aromatic heterocycles. The Bertz CT molecular complexity index is 1320. The number of benzene rings is 2. The van der Waals surface area contributed by atoms with Gasteiger partial charge in [0.1, 0.15) is 5.82 Å². The molecule has 1 heterocycles. The smallest absolute Gasteiger partial charge is 0.347 e. The lowest BCUT2D eigenvalue weighted by molar-refractivity contribution is -0.143. The first-order chi connectivity index (χ1) is 20.7. The van der Waals surface area contributed by atoms with Crippen molar-refractivity contribution in [1.29, 1.82) is 0 Å². The van der Waals surface area contributed by atoms with E-state index >= 15 is 0 Å². The van der Waals surface area contributed by atoms with Gasteiger partial charge in [-0.25, -0.2) is 11.0 Å². The van der Waals surface area contributed by atoms with E-state index in [9.17, 15) is 39.5 Å². The monoisotopic (exact) mass is 653 g/mol. The number of hydrogen-bond donors (Lipinski definition) is 1. The molecular weight excluding hydrogens is 617 g/mol. The minimum atomic E-state index is -5.10. The fourth-order valence-corrected chi connectivity index (χ4v) is 5.24. The zero-order valence-corrected chi connectivity index (χ0v) is 25.2. The van der Waals surface area contributed by atoms with Gasteiger partial charge in [-0.3, -0.25) is 4.90 Å². The number of rotatable bonds is 10. The molecule has 3 rings (SSSR count). The molecule has 2 atom stereocenters. The molecular formula is C29H36F9N7. The zero-order chi connectivity index (χ0) is 33.9. The number of hydrazine groups is 1. The van der Waals surface area contributed by atoms with Crippen LogP contribution in [0, 0.1) is 0 Å². The van der Waals surface area contributed by atoms with Gasteiger partial charge in [-0.2, -0.15) is 39.5 Å². The molecule has 2 unspecified atom stereocenters. The summed E-state index contributed by atoms with van der Waals surface area (Å²) in [4.78, 5) is 5.48. The average molecular weight is 654 g/mol. The molecule has 1 fully saturated rings. The summed E-state index contributed by atoms with van der Waals surface area (Å²) in [7, 11) is 3.28. The highest BCUT2D eigenvalue weighted by Crippen LogP contribution is 2.38. The van der Waals surface area contributed by atoms with Crippen molar-refractivity contribution in [2.24, 2.45) is 16.2 Å². The van der Waals surface area contributed by atoms with Crippen LogP contribution in [-0.2, 0) is 31.6 Å². The van der Waals surface area contributed by atoms with Crippen molar-refractivity contribution in [1.82, 2.24) is 19.8 Å². The van der Waals surface area contributed by atoms with Crippen molar-refractivity contribution >= 4 is 0 Å². The number of likely N-dealkylation sites (N-methyl/N-ethyl adjacent to an activating group) is 1. The van der Waals surface area contributed by atoms with Crippen molar-refractivity contribution in [3.8, 4) is 0 Å². The highest BCUT2D eigenvalue weighted by atomic mass is 19.4. The zero-order valence-electron chi connectivity index (χ0n) is 25.2. The summed E-state index contributed by atoms with van der Waals surface area (Å²) >= 11 is 0. The molecule has 2 N–H and O–H groups in total. The Balaban J connectivity index is 2.15. The van der Waals surface area contributed by atoms with E-state index in [1.54, 1.807) is 0 Å². The number of alkyl halides is 9. The van der Waals surface area contributed by atoms with Crippen LogP contribution in [0.4, 0.5) is 39.5 Å². The van der Waals surface area contributed by atoms with E-state index in [1.165, 1.54) is 18.0 Å². The number of hydrogen-bond acceptors (Lipinski definition) is 6. The van der Waals surface area contributed by atoms with E-state index in [-0.39, 0.29) is 36.1 Å². The van der Waals surface area contributed by atoms with Gasteiger partial charge >= 0.3 is 18.5 Å². The van der Waals surface area contributed by atoms with Gasteiger partial charge in [-0.1, -0.05) is 24.8 Å². The van der Waals surface area contributed by atoms with E-state index in [2.05, 4.69) is 26.7 Å². The predicted octanol–water partition coefficient (Wildman–Crippen LogP) is 7.48. The molecule has 7 nitrogen and oxygen atoms in total. The van der Waals surface area contributed by atoms with Crippen LogP contribution in [0.5, 0.6) is 0 Å². The Morgan fingerprint density at radius 1 is 0.933 bits per heavy atom. The molecule has 1 saturated heterocycles. The summed E-state index contributed by atoms with van der Waals surface area (Å²) < 4.78 is 123. The number of nitrogens with zero attached hydrogens (tertiary/aromatic N) is 6. The van der Waals surface area contributed by atoms with Crippen LogP contribution in [0.1, 0.15) is 59.7 Å². The van der Waals surface area contributed by atoms with Gasteiger partial charge in [-0.05, 0) is 67.4 Å². The van der Waals surface area contributed by atoms with E-state index in [0.29, 0.717) is 37.2 Å². The molecule has 16 heteroatoms. The Hall–Kier alpha value is -3.37. The third kappa shape index (κ3) is 9.56. The van der Waals surface area contributed by atoms with Gasteiger partial charge in [0.05, 0.1) is 16.7 Å². The van der Waals surface area contributed by atoms with Crippen LogP contribution < -0.4 is 5.84 Å². The van der Waals surface area contributed by atoms with Gasteiger partial charge < -0.3 is 9.80 Å². The van der Waals surface area contributed by atoms with E-state index in [0.717, 1.165) is 23.8 Å². The van der Waals surface area contributed by atoms with E-state index in [4.69, 9.17) is 5.84 Å². The summed E-state index contributed by atoms with van der Waals surface area (Å²) in [6.45, 7) is 8.65. The maximum absolute atomic E-state index is 13.9. The molecule has 0 amide bonds. The molecule has 2 aromatic carbocycles. The van der Waals surface area contributed by atoms with Crippen molar-refractivity contribution in [2.75, 3.05) is 33.7 Å². The lowest BCUT2D eigenvalue weighted by atomic mass is 9.93. The second kappa shape index (κ2) is 14.0. The average Bonchev–Trinajstić information content (AvgIpc) is 2.92. The van der Waals surface area contributed by atoms with Gasteiger partial charge in [0.15, 0.2) is 0 Å². The topological polar surface area (TPSA) is 63.7 Å². The van der Waals surface area contributed by atoms with Crippen LogP contribution in [0.3, 0.4) is 0 Å². The number of halogens is 9. The lowest BCUT2D eigenvalue weighted by Crippen LogP contribution is -2.51. The van der Waals surface area contributed by atoms with Crippen molar-refractivity contribution < 1.29 is 39.5 Å². The SMILES string of the molecule is C=C(/N=N\N(C)N)N(Cc1cc(C(F)(F)F)cc(C(F)(F)F)c1)Cc1cc(C(F)(F)F)ccc1C(CC)N1CCN(C)C(C)C1. The second-order valence-corrected chi connectivity index (χ2v) is 11.1. The van der Waals surface area contributed by atoms with Crippen LogP contribution in [-0.4, -0.2) is 59.6 Å². The van der Waals surface area contributed by atoms with Crippen LogP contribution in [0.2, 0.25) is 0 Å². The fourth-order valence-electron chi connectivity index (χ4n) is 5.24. The molecule has 45 heavy (non-hydrogen) atoms. The van der Waals surface area contributed by atoms with Gasteiger partial charge in [0.25, 0.3) is 0 Å². The minimum Gasteiger partial charge on any atom is -0.347 e. The third-order valence-electron chi connectivity index (χ3n) is 7.70. The minimum absolute atomic E-state index is 0.000449. The standard InChI is InChI=1S/C29H36F9N7/c1-6-26(44-10-9-42(4)18(2)15-44)25-8-7-22(27(30,31)32)13-21(25)17-45(19(3)40-41-43(5)39)16-20-11-23(28(33,34)35)14-24(12-20)29(36,37)38/h7-8,11-14,18,26H,3,6,9-10,15-17,39H2,1-2,4-5H3/b41-40-.